The molecule has 2 N–H and O–H groups in total. The molecule has 1 aliphatic heterocycles. The first kappa shape index (κ1) is 16.5. The number of fused-ring (bicyclic) bond motifs is 1. The minimum atomic E-state index is -0.348. The number of benzene rings is 1. The second kappa shape index (κ2) is 7.05. The summed E-state index contributed by atoms with van der Waals surface area (Å²) in [6, 6.07) is 10.4. The Hall–Kier alpha value is -2.34. The first-order chi connectivity index (χ1) is 11.6. The summed E-state index contributed by atoms with van der Waals surface area (Å²) in [5, 5.41) is 3.28. The fraction of sp³-hybridized carbons (Fsp3) is 0.444. The third kappa shape index (κ3) is 3.28. The van der Waals surface area contributed by atoms with Gasteiger partial charge in [-0.05, 0) is 25.3 Å². The maximum Gasteiger partial charge on any atom is 0.329 e. The Kier molecular flexibility index (Phi) is 4.85. The van der Waals surface area contributed by atoms with Gasteiger partial charge >= 0.3 is 5.69 Å². The molecule has 0 aliphatic carbocycles. The Morgan fingerprint density at radius 3 is 2.67 bits per heavy atom. The molecule has 0 spiro atoms. The number of H-pyrrole nitrogens is 1. The van der Waals surface area contributed by atoms with Crippen molar-refractivity contribution < 1.29 is 0 Å². The van der Waals surface area contributed by atoms with Gasteiger partial charge in [0.05, 0.1) is 12.2 Å². The minimum Gasteiger partial charge on any atom is -0.358 e. The van der Waals surface area contributed by atoms with Crippen LogP contribution in [0.5, 0.6) is 0 Å². The lowest BCUT2D eigenvalue weighted by Crippen LogP contribution is -2.46. The second-order valence-electron chi connectivity index (χ2n) is 6.31. The predicted molar refractivity (Wildman–Crippen MR) is 95.3 cm³/mol. The van der Waals surface area contributed by atoms with Crippen LogP contribution in [-0.2, 0) is 19.5 Å². The van der Waals surface area contributed by atoms with E-state index < -0.39 is 0 Å². The van der Waals surface area contributed by atoms with E-state index in [-0.39, 0.29) is 11.2 Å². The zero-order valence-electron chi connectivity index (χ0n) is 14.2. The fourth-order valence-corrected chi connectivity index (χ4v) is 3.07. The van der Waals surface area contributed by atoms with Crippen LogP contribution in [0.2, 0.25) is 0 Å². The SMILES string of the molecule is CC[C@@H](C)N1CNc2c(c(=O)[nH]c(=O)n2CCc2ccccc2)C1. The highest BCUT2D eigenvalue weighted by atomic mass is 16.2. The van der Waals surface area contributed by atoms with Crippen LogP contribution in [-0.4, -0.2) is 27.2 Å². The summed E-state index contributed by atoms with van der Waals surface area (Å²) in [5.74, 6) is 0.666. The highest BCUT2D eigenvalue weighted by Crippen LogP contribution is 2.20. The average Bonchev–Trinajstić information content (AvgIpc) is 2.61. The molecule has 128 valence electrons. The van der Waals surface area contributed by atoms with Gasteiger partial charge in [0.2, 0.25) is 0 Å². The first-order valence-electron chi connectivity index (χ1n) is 8.48. The van der Waals surface area contributed by atoms with Gasteiger partial charge in [0.15, 0.2) is 0 Å². The Labute approximate surface area is 141 Å². The van der Waals surface area contributed by atoms with Crippen molar-refractivity contribution >= 4 is 5.82 Å². The molecule has 6 nitrogen and oxygen atoms in total. The van der Waals surface area contributed by atoms with Gasteiger partial charge in [0, 0.05) is 19.1 Å². The summed E-state index contributed by atoms with van der Waals surface area (Å²) in [5.41, 5.74) is 1.18. The molecule has 2 aromatic rings. The van der Waals surface area contributed by atoms with Gasteiger partial charge in [-0.25, -0.2) is 4.79 Å². The molecule has 0 saturated carbocycles. The number of nitrogens with zero attached hydrogens (tertiary/aromatic N) is 2. The number of aromatic amines is 1. The van der Waals surface area contributed by atoms with E-state index >= 15 is 0 Å². The maximum atomic E-state index is 12.3. The van der Waals surface area contributed by atoms with E-state index in [0.29, 0.717) is 37.2 Å². The smallest absolute Gasteiger partial charge is 0.329 e. The second-order valence-corrected chi connectivity index (χ2v) is 6.31. The predicted octanol–water partition coefficient (Wildman–Crippen LogP) is 1.76. The summed E-state index contributed by atoms with van der Waals surface area (Å²) >= 11 is 0. The van der Waals surface area contributed by atoms with Crippen LogP contribution >= 0.6 is 0 Å². The van der Waals surface area contributed by atoms with Gasteiger partial charge in [-0.3, -0.25) is 19.2 Å². The lowest BCUT2D eigenvalue weighted by atomic mass is 10.1. The van der Waals surface area contributed by atoms with Crippen molar-refractivity contribution in [3.8, 4) is 0 Å². The highest BCUT2D eigenvalue weighted by Gasteiger charge is 2.24. The van der Waals surface area contributed by atoms with Crippen molar-refractivity contribution in [2.45, 2.75) is 45.8 Å². The van der Waals surface area contributed by atoms with Gasteiger partial charge in [-0.15, -0.1) is 0 Å². The molecule has 1 aromatic carbocycles. The lowest BCUT2D eigenvalue weighted by Gasteiger charge is -2.34. The van der Waals surface area contributed by atoms with Crippen molar-refractivity contribution in [2.75, 3.05) is 12.0 Å². The van der Waals surface area contributed by atoms with E-state index in [0.717, 1.165) is 12.8 Å². The van der Waals surface area contributed by atoms with Crippen molar-refractivity contribution in [2.24, 2.45) is 0 Å². The number of anilines is 1. The van der Waals surface area contributed by atoms with Crippen LogP contribution in [0.4, 0.5) is 5.82 Å². The molecule has 1 atom stereocenters. The van der Waals surface area contributed by atoms with Crippen molar-refractivity contribution in [3.63, 3.8) is 0 Å². The molecule has 2 heterocycles. The van der Waals surface area contributed by atoms with E-state index in [4.69, 9.17) is 0 Å². The van der Waals surface area contributed by atoms with Gasteiger partial charge in [0.1, 0.15) is 5.82 Å². The molecular weight excluding hydrogens is 304 g/mol. The minimum absolute atomic E-state index is 0.286. The number of aryl methyl sites for hydroxylation is 1. The summed E-state index contributed by atoms with van der Waals surface area (Å²) in [6.45, 7) is 6.03. The number of hydrogen-bond acceptors (Lipinski definition) is 4. The largest absolute Gasteiger partial charge is 0.358 e. The molecule has 0 radical (unpaired) electrons. The first-order valence-corrected chi connectivity index (χ1v) is 8.48. The number of hydrogen-bond donors (Lipinski definition) is 2. The molecule has 0 amide bonds. The van der Waals surface area contributed by atoms with E-state index in [1.165, 1.54) is 5.56 Å². The van der Waals surface area contributed by atoms with Crippen molar-refractivity contribution in [1.29, 1.82) is 0 Å². The summed E-state index contributed by atoms with van der Waals surface area (Å²) in [4.78, 5) is 29.2. The molecule has 0 fully saturated rings. The number of rotatable bonds is 5. The van der Waals surface area contributed by atoms with Crippen LogP contribution in [0, 0.1) is 0 Å². The van der Waals surface area contributed by atoms with Crippen LogP contribution in [0.3, 0.4) is 0 Å². The molecule has 0 unspecified atom stereocenters. The van der Waals surface area contributed by atoms with Crippen molar-refractivity contribution in [3.05, 3.63) is 62.3 Å². The molecule has 0 saturated heterocycles. The van der Waals surface area contributed by atoms with Crippen LogP contribution in [0.1, 0.15) is 31.4 Å². The molecule has 1 aliphatic rings. The summed E-state index contributed by atoms with van der Waals surface area (Å²) < 4.78 is 1.65. The molecule has 24 heavy (non-hydrogen) atoms. The summed E-state index contributed by atoms with van der Waals surface area (Å²) in [6.07, 6.45) is 1.76. The molecule has 1 aromatic heterocycles. The van der Waals surface area contributed by atoms with Crippen molar-refractivity contribution in [1.82, 2.24) is 14.5 Å². The lowest BCUT2D eigenvalue weighted by molar-refractivity contribution is 0.200. The summed E-state index contributed by atoms with van der Waals surface area (Å²) in [7, 11) is 0. The number of aromatic nitrogens is 2. The number of nitrogens with one attached hydrogen (secondary N) is 2. The average molecular weight is 328 g/mol. The molecule has 0 bridgehead atoms. The van der Waals surface area contributed by atoms with Gasteiger partial charge in [-0.1, -0.05) is 37.3 Å². The third-order valence-corrected chi connectivity index (χ3v) is 4.79. The van der Waals surface area contributed by atoms with Gasteiger partial charge < -0.3 is 5.32 Å². The zero-order valence-corrected chi connectivity index (χ0v) is 14.2. The normalized spacial score (nSPS) is 15.6. The Morgan fingerprint density at radius 1 is 1.21 bits per heavy atom. The molecule has 3 rings (SSSR count). The van der Waals surface area contributed by atoms with E-state index in [9.17, 15) is 9.59 Å². The van der Waals surface area contributed by atoms with E-state index in [1.54, 1.807) is 4.57 Å². The van der Waals surface area contributed by atoms with Gasteiger partial charge in [-0.2, -0.15) is 0 Å². The van der Waals surface area contributed by atoms with Crippen LogP contribution < -0.4 is 16.6 Å². The monoisotopic (exact) mass is 328 g/mol. The standard InChI is InChI=1S/C18H24N4O2/c1-3-13(2)21-11-15-16(19-12-21)22(18(24)20-17(15)23)10-9-14-7-5-4-6-8-14/h4-8,13,19H,3,9-12H2,1-2H3,(H,20,23,24)/t13-/m1/s1. The highest BCUT2D eigenvalue weighted by molar-refractivity contribution is 5.45. The Morgan fingerprint density at radius 2 is 1.96 bits per heavy atom. The van der Waals surface area contributed by atoms with Gasteiger partial charge in [0.25, 0.3) is 5.56 Å². The van der Waals surface area contributed by atoms with E-state index in [1.807, 2.05) is 30.3 Å². The third-order valence-electron chi connectivity index (χ3n) is 4.79. The van der Waals surface area contributed by atoms with Crippen LogP contribution in [0.15, 0.2) is 39.9 Å². The maximum absolute atomic E-state index is 12.3. The zero-order chi connectivity index (χ0) is 17.1. The van der Waals surface area contributed by atoms with E-state index in [2.05, 4.69) is 29.0 Å². The Bertz CT molecular complexity index is 810. The molecule has 6 heteroatoms. The van der Waals surface area contributed by atoms with Crippen LogP contribution in [0.25, 0.3) is 0 Å². The quantitative estimate of drug-likeness (QED) is 0.877. The fourth-order valence-electron chi connectivity index (χ4n) is 3.07. The molecular formula is C18H24N4O2. The Balaban J connectivity index is 1.89. The topological polar surface area (TPSA) is 70.1 Å².